The van der Waals surface area contributed by atoms with Crippen LogP contribution in [0.25, 0.3) is 4.96 Å². The second kappa shape index (κ2) is 4.63. The molecule has 2 rings (SSSR count). The van der Waals surface area contributed by atoms with Crippen LogP contribution in [0.15, 0.2) is 17.8 Å². The van der Waals surface area contributed by atoms with Gasteiger partial charge in [0.05, 0.1) is 5.69 Å². The van der Waals surface area contributed by atoms with Crippen LogP contribution in [0, 0.1) is 0 Å². The molecule has 82 valence electrons. The highest BCUT2D eigenvalue weighted by Crippen LogP contribution is 2.13. The number of fused-ring (bicyclic) bond motifs is 1. The van der Waals surface area contributed by atoms with E-state index in [1.807, 2.05) is 6.20 Å². The summed E-state index contributed by atoms with van der Waals surface area (Å²) < 4.78 is 2.08. The monoisotopic (exact) mass is 287 g/mol. The first-order chi connectivity index (χ1) is 7.20. The van der Waals surface area contributed by atoms with Crippen molar-refractivity contribution >= 4 is 32.2 Å². The minimum absolute atomic E-state index is 0.532. The summed E-state index contributed by atoms with van der Waals surface area (Å²) in [5.74, 6) is 0. The largest absolute Gasteiger partial charge is 0.297 e. The fourth-order valence-electron chi connectivity index (χ4n) is 1.38. The maximum absolute atomic E-state index is 4.55. The van der Waals surface area contributed by atoms with Gasteiger partial charge in [0, 0.05) is 35.7 Å². The van der Waals surface area contributed by atoms with E-state index in [-0.39, 0.29) is 0 Å². The Bertz CT molecular complexity index is 408. The number of aromatic nitrogens is 2. The summed E-state index contributed by atoms with van der Waals surface area (Å²) in [6.45, 7) is 3.11. The van der Waals surface area contributed by atoms with Gasteiger partial charge >= 0.3 is 0 Å². The molecule has 0 aliphatic rings. The molecule has 0 radical (unpaired) electrons. The van der Waals surface area contributed by atoms with Crippen molar-refractivity contribution in [3.05, 3.63) is 23.5 Å². The Kier molecular flexibility index (Phi) is 3.43. The van der Waals surface area contributed by atoms with Crippen LogP contribution < -0.4 is 0 Å². The first kappa shape index (κ1) is 11.1. The third kappa shape index (κ3) is 2.41. The van der Waals surface area contributed by atoms with Crippen LogP contribution in [0.5, 0.6) is 0 Å². The Morgan fingerprint density at radius 2 is 2.47 bits per heavy atom. The quantitative estimate of drug-likeness (QED) is 0.806. The van der Waals surface area contributed by atoms with Crippen LogP contribution in [-0.2, 0) is 6.54 Å². The molecule has 0 aliphatic carbocycles. The molecule has 0 N–H and O–H groups in total. The molecular formula is C10H14BrN3S. The molecule has 0 aliphatic heterocycles. The molecule has 2 aromatic heterocycles. The highest BCUT2D eigenvalue weighted by molar-refractivity contribution is 9.09. The molecule has 2 aromatic rings. The topological polar surface area (TPSA) is 20.5 Å². The normalized spacial score (nSPS) is 13.9. The summed E-state index contributed by atoms with van der Waals surface area (Å²) in [6.07, 6.45) is 4.15. The highest BCUT2D eigenvalue weighted by Gasteiger charge is 2.10. The zero-order valence-electron chi connectivity index (χ0n) is 8.85. The molecule has 0 saturated carbocycles. The second-order valence-electron chi connectivity index (χ2n) is 3.74. The van der Waals surface area contributed by atoms with Gasteiger partial charge in [-0.15, -0.1) is 11.3 Å². The summed E-state index contributed by atoms with van der Waals surface area (Å²) in [4.78, 5) is 7.92. The third-order valence-corrected chi connectivity index (χ3v) is 4.24. The molecule has 0 fully saturated rings. The summed E-state index contributed by atoms with van der Waals surface area (Å²) in [5, 5.41) is 3.04. The Labute approximate surface area is 102 Å². The Morgan fingerprint density at radius 3 is 3.13 bits per heavy atom. The number of rotatable bonds is 4. The van der Waals surface area contributed by atoms with Crippen molar-refractivity contribution in [2.24, 2.45) is 0 Å². The molecule has 15 heavy (non-hydrogen) atoms. The summed E-state index contributed by atoms with van der Waals surface area (Å²) in [6, 6.07) is 0.532. The van der Waals surface area contributed by atoms with Crippen molar-refractivity contribution in [1.29, 1.82) is 0 Å². The van der Waals surface area contributed by atoms with Crippen LogP contribution in [0.4, 0.5) is 0 Å². The minimum atomic E-state index is 0.532. The summed E-state index contributed by atoms with van der Waals surface area (Å²) in [5.41, 5.74) is 1.14. The molecule has 0 amide bonds. The van der Waals surface area contributed by atoms with Crippen molar-refractivity contribution in [2.45, 2.75) is 19.5 Å². The van der Waals surface area contributed by atoms with Gasteiger partial charge in [-0.2, -0.15) is 0 Å². The summed E-state index contributed by atoms with van der Waals surface area (Å²) in [7, 11) is 2.12. The average molecular weight is 288 g/mol. The van der Waals surface area contributed by atoms with Crippen molar-refractivity contribution in [3.8, 4) is 0 Å². The molecule has 2 heterocycles. The molecule has 1 unspecified atom stereocenters. The van der Waals surface area contributed by atoms with E-state index in [0.717, 1.165) is 22.5 Å². The van der Waals surface area contributed by atoms with E-state index >= 15 is 0 Å². The number of thiazole rings is 1. The first-order valence-corrected chi connectivity index (χ1v) is 6.88. The van der Waals surface area contributed by atoms with Crippen LogP contribution in [0.2, 0.25) is 0 Å². The van der Waals surface area contributed by atoms with Gasteiger partial charge in [-0.05, 0) is 14.0 Å². The van der Waals surface area contributed by atoms with E-state index < -0.39 is 0 Å². The SMILES string of the molecule is CC(CBr)N(C)Cc1cn2ccsc2n1. The number of hydrogen-bond acceptors (Lipinski definition) is 3. The predicted octanol–water partition coefficient (Wildman–Crippen LogP) is 2.61. The lowest BCUT2D eigenvalue weighted by molar-refractivity contribution is 0.268. The van der Waals surface area contributed by atoms with E-state index in [1.54, 1.807) is 11.3 Å². The van der Waals surface area contributed by atoms with E-state index in [2.05, 4.69) is 55.8 Å². The van der Waals surface area contributed by atoms with Gasteiger partial charge in [-0.25, -0.2) is 4.98 Å². The molecular weight excluding hydrogens is 274 g/mol. The molecule has 0 bridgehead atoms. The van der Waals surface area contributed by atoms with E-state index in [1.165, 1.54) is 0 Å². The maximum atomic E-state index is 4.55. The van der Waals surface area contributed by atoms with Gasteiger partial charge in [0.15, 0.2) is 4.96 Å². The van der Waals surface area contributed by atoms with Gasteiger partial charge in [-0.3, -0.25) is 9.30 Å². The van der Waals surface area contributed by atoms with Crippen LogP contribution in [0.1, 0.15) is 12.6 Å². The Hall–Kier alpha value is -0.390. The van der Waals surface area contributed by atoms with Crippen LogP contribution >= 0.6 is 27.3 Å². The minimum Gasteiger partial charge on any atom is -0.297 e. The van der Waals surface area contributed by atoms with E-state index in [0.29, 0.717) is 6.04 Å². The second-order valence-corrected chi connectivity index (χ2v) is 5.26. The average Bonchev–Trinajstić information content (AvgIpc) is 2.76. The molecule has 5 heteroatoms. The number of alkyl halides is 1. The molecule has 1 atom stereocenters. The molecule has 0 saturated heterocycles. The lowest BCUT2D eigenvalue weighted by atomic mass is 10.3. The van der Waals surface area contributed by atoms with Gasteiger partial charge in [-0.1, -0.05) is 15.9 Å². The Balaban J connectivity index is 2.09. The number of nitrogens with zero attached hydrogens (tertiary/aromatic N) is 3. The van der Waals surface area contributed by atoms with E-state index in [4.69, 9.17) is 0 Å². The fraction of sp³-hybridized carbons (Fsp3) is 0.500. The third-order valence-electron chi connectivity index (χ3n) is 2.53. The van der Waals surface area contributed by atoms with Crippen molar-refractivity contribution in [2.75, 3.05) is 12.4 Å². The Morgan fingerprint density at radius 1 is 1.67 bits per heavy atom. The van der Waals surface area contributed by atoms with Crippen molar-refractivity contribution < 1.29 is 0 Å². The van der Waals surface area contributed by atoms with Gasteiger partial charge in [0.1, 0.15) is 0 Å². The molecule has 0 spiro atoms. The van der Waals surface area contributed by atoms with Crippen molar-refractivity contribution in [3.63, 3.8) is 0 Å². The number of hydrogen-bond donors (Lipinski definition) is 0. The lowest BCUT2D eigenvalue weighted by Crippen LogP contribution is -2.29. The smallest absolute Gasteiger partial charge is 0.193 e. The number of halogens is 1. The van der Waals surface area contributed by atoms with Crippen molar-refractivity contribution in [1.82, 2.24) is 14.3 Å². The molecule has 0 aromatic carbocycles. The standard InChI is InChI=1S/C10H14BrN3S/c1-8(5-11)13(2)6-9-7-14-3-4-15-10(14)12-9/h3-4,7-8H,5-6H2,1-2H3. The van der Waals surface area contributed by atoms with Crippen LogP contribution in [-0.4, -0.2) is 32.7 Å². The zero-order chi connectivity index (χ0) is 10.8. The highest BCUT2D eigenvalue weighted by atomic mass is 79.9. The van der Waals surface area contributed by atoms with Crippen LogP contribution in [0.3, 0.4) is 0 Å². The summed E-state index contributed by atoms with van der Waals surface area (Å²) >= 11 is 5.16. The first-order valence-electron chi connectivity index (χ1n) is 4.88. The van der Waals surface area contributed by atoms with Gasteiger partial charge in [0.25, 0.3) is 0 Å². The van der Waals surface area contributed by atoms with E-state index in [9.17, 15) is 0 Å². The zero-order valence-corrected chi connectivity index (χ0v) is 11.3. The molecule has 3 nitrogen and oxygen atoms in total. The van der Waals surface area contributed by atoms with Gasteiger partial charge in [0.2, 0.25) is 0 Å². The maximum Gasteiger partial charge on any atom is 0.193 e. The lowest BCUT2D eigenvalue weighted by Gasteiger charge is -2.21. The number of imidazole rings is 1. The fourth-order valence-corrected chi connectivity index (χ4v) is 2.59. The predicted molar refractivity (Wildman–Crippen MR) is 67.8 cm³/mol. The van der Waals surface area contributed by atoms with Gasteiger partial charge < -0.3 is 0 Å².